The molecule has 174 valence electrons. The molecule has 1 aromatic rings. The Hall–Kier alpha value is -1.79. The summed E-state index contributed by atoms with van der Waals surface area (Å²) in [5.74, 6) is 2.29. The first kappa shape index (κ1) is 20.8. The van der Waals surface area contributed by atoms with Crippen LogP contribution in [0, 0.1) is 23.7 Å². The SMILES string of the molecule is COc1ccc(N2CCN(CC3C(=O)OC45C(CCC6(C)OC64)C(C)CCC35)CC2)cc1. The van der Waals surface area contributed by atoms with Crippen molar-refractivity contribution in [1.29, 1.82) is 0 Å². The third kappa shape index (κ3) is 3.02. The second-order valence-electron chi connectivity index (χ2n) is 11.0. The Morgan fingerprint density at radius 1 is 1.06 bits per heavy atom. The predicted octanol–water partition coefficient (Wildman–Crippen LogP) is 3.34. The molecule has 1 spiro atoms. The van der Waals surface area contributed by atoms with E-state index in [1.54, 1.807) is 7.11 Å². The molecule has 6 nitrogen and oxygen atoms in total. The van der Waals surface area contributed by atoms with Crippen molar-refractivity contribution < 1.29 is 19.0 Å². The van der Waals surface area contributed by atoms with E-state index in [4.69, 9.17) is 14.2 Å². The second kappa shape index (κ2) is 7.36. The monoisotopic (exact) mass is 440 g/mol. The van der Waals surface area contributed by atoms with E-state index in [2.05, 4.69) is 35.8 Å². The molecule has 1 aromatic carbocycles. The van der Waals surface area contributed by atoms with Crippen LogP contribution in [-0.2, 0) is 14.3 Å². The number of esters is 1. The van der Waals surface area contributed by atoms with Crippen molar-refractivity contribution in [3.8, 4) is 5.75 Å². The number of rotatable bonds is 4. The number of fused-ring (bicyclic) bond motifs is 1. The second-order valence-corrected chi connectivity index (χ2v) is 11.0. The summed E-state index contributed by atoms with van der Waals surface area (Å²) in [7, 11) is 1.70. The van der Waals surface area contributed by atoms with Crippen molar-refractivity contribution >= 4 is 11.7 Å². The molecule has 0 aromatic heterocycles. The average molecular weight is 441 g/mol. The first-order valence-electron chi connectivity index (χ1n) is 12.5. The van der Waals surface area contributed by atoms with Crippen molar-refractivity contribution in [2.75, 3.05) is 44.7 Å². The smallest absolute Gasteiger partial charge is 0.311 e. The quantitative estimate of drug-likeness (QED) is 0.529. The average Bonchev–Trinajstić information content (AvgIpc) is 3.44. The molecule has 5 aliphatic rings. The van der Waals surface area contributed by atoms with Gasteiger partial charge in [0.2, 0.25) is 0 Å². The number of carbonyl (C=O) groups is 1. The van der Waals surface area contributed by atoms with E-state index in [0.29, 0.717) is 17.8 Å². The maximum absolute atomic E-state index is 13.3. The molecule has 6 heteroatoms. The number of hydrogen-bond donors (Lipinski definition) is 0. The largest absolute Gasteiger partial charge is 0.497 e. The third-order valence-corrected chi connectivity index (χ3v) is 9.36. The van der Waals surface area contributed by atoms with Crippen LogP contribution in [0.4, 0.5) is 5.69 Å². The Kier molecular flexibility index (Phi) is 4.78. The Morgan fingerprint density at radius 3 is 2.53 bits per heavy atom. The van der Waals surface area contributed by atoms with Crippen LogP contribution in [-0.4, -0.2) is 68.0 Å². The van der Waals surface area contributed by atoms with Crippen molar-refractivity contribution in [2.45, 2.75) is 56.8 Å². The highest BCUT2D eigenvalue weighted by Crippen LogP contribution is 2.66. The lowest BCUT2D eigenvalue weighted by Crippen LogP contribution is -2.58. The molecule has 5 fully saturated rings. The van der Waals surface area contributed by atoms with Gasteiger partial charge in [-0.15, -0.1) is 0 Å². The van der Waals surface area contributed by atoms with Gasteiger partial charge in [-0.2, -0.15) is 0 Å². The summed E-state index contributed by atoms with van der Waals surface area (Å²) in [6, 6.07) is 8.30. The Bertz CT molecular complexity index is 882. The van der Waals surface area contributed by atoms with Gasteiger partial charge in [0, 0.05) is 50.2 Å². The molecule has 2 aliphatic carbocycles. The van der Waals surface area contributed by atoms with Gasteiger partial charge in [0.15, 0.2) is 0 Å². The van der Waals surface area contributed by atoms with E-state index in [-0.39, 0.29) is 29.2 Å². The molecule has 0 N–H and O–H groups in total. The summed E-state index contributed by atoms with van der Waals surface area (Å²) < 4.78 is 17.9. The van der Waals surface area contributed by atoms with Gasteiger partial charge < -0.3 is 19.1 Å². The molecule has 0 radical (unpaired) electrons. The van der Waals surface area contributed by atoms with Crippen molar-refractivity contribution in [1.82, 2.24) is 4.90 Å². The summed E-state index contributed by atoms with van der Waals surface area (Å²) in [6.07, 6.45) is 4.65. The zero-order valence-electron chi connectivity index (χ0n) is 19.6. The highest BCUT2D eigenvalue weighted by atomic mass is 16.7. The van der Waals surface area contributed by atoms with Crippen LogP contribution in [0.3, 0.4) is 0 Å². The number of ether oxygens (including phenoxy) is 3. The fourth-order valence-corrected chi connectivity index (χ4v) is 7.52. The zero-order valence-corrected chi connectivity index (χ0v) is 19.6. The molecule has 3 heterocycles. The van der Waals surface area contributed by atoms with E-state index in [9.17, 15) is 4.79 Å². The van der Waals surface area contributed by atoms with Crippen LogP contribution >= 0.6 is 0 Å². The van der Waals surface area contributed by atoms with E-state index in [0.717, 1.165) is 57.7 Å². The number of nitrogens with zero attached hydrogens (tertiary/aromatic N) is 2. The lowest BCUT2D eigenvalue weighted by molar-refractivity contribution is -0.168. The minimum Gasteiger partial charge on any atom is -0.497 e. The molecular formula is C26H36N2O4. The lowest BCUT2D eigenvalue weighted by atomic mass is 9.55. The minimum atomic E-state index is -0.364. The molecular weight excluding hydrogens is 404 g/mol. The fourth-order valence-electron chi connectivity index (χ4n) is 7.52. The zero-order chi connectivity index (χ0) is 22.1. The third-order valence-electron chi connectivity index (χ3n) is 9.36. The molecule has 3 aliphatic heterocycles. The van der Waals surface area contributed by atoms with Crippen molar-refractivity contribution in [2.24, 2.45) is 23.7 Å². The Balaban J connectivity index is 1.14. The van der Waals surface area contributed by atoms with Crippen molar-refractivity contribution in [3.05, 3.63) is 24.3 Å². The maximum atomic E-state index is 13.3. The van der Waals surface area contributed by atoms with Gasteiger partial charge >= 0.3 is 5.97 Å². The normalized spacial score (nSPS) is 43.2. The van der Waals surface area contributed by atoms with Crippen molar-refractivity contribution in [3.63, 3.8) is 0 Å². The van der Waals surface area contributed by atoms with Gasteiger partial charge in [-0.1, -0.05) is 6.92 Å². The van der Waals surface area contributed by atoms with Crippen LogP contribution in [0.25, 0.3) is 0 Å². The Morgan fingerprint density at radius 2 is 1.81 bits per heavy atom. The molecule has 7 unspecified atom stereocenters. The number of benzene rings is 1. The number of piperazine rings is 1. The van der Waals surface area contributed by atoms with E-state index < -0.39 is 0 Å². The van der Waals surface area contributed by atoms with Crippen LogP contribution in [0.5, 0.6) is 5.75 Å². The number of carbonyl (C=O) groups excluding carboxylic acids is 1. The first-order valence-corrected chi connectivity index (χ1v) is 12.5. The van der Waals surface area contributed by atoms with Crippen LogP contribution < -0.4 is 9.64 Å². The van der Waals surface area contributed by atoms with E-state index >= 15 is 0 Å². The summed E-state index contributed by atoms with van der Waals surface area (Å²) in [5.41, 5.74) is 0.809. The van der Waals surface area contributed by atoms with Gasteiger partial charge in [-0.25, -0.2) is 0 Å². The molecule has 32 heavy (non-hydrogen) atoms. The molecule has 0 amide bonds. The molecule has 3 saturated heterocycles. The number of hydrogen-bond acceptors (Lipinski definition) is 6. The number of epoxide rings is 1. The standard InChI is InChI=1S/C26H36N2O4/c1-17-4-9-22-20(23(29)31-26(22)21(17)10-11-25(2)24(26)32-25)16-27-12-14-28(15-13-27)18-5-7-19(30-3)8-6-18/h5-8,17,20-22,24H,4,9-16H2,1-3H3. The minimum absolute atomic E-state index is 0.0101. The highest BCUT2D eigenvalue weighted by Gasteiger charge is 2.77. The summed E-state index contributed by atoms with van der Waals surface area (Å²) in [6.45, 7) is 9.32. The molecule has 2 saturated carbocycles. The molecule has 7 atom stereocenters. The Labute approximate surface area is 191 Å². The lowest BCUT2D eigenvalue weighted by Gasteiger charge is -2.50. The summed E-state index contributed by atoms with van der Waals surface area (Å²) in [5, 5.41) is 0. The topological polar surface area (TPSA) is 54.5 Å². The number of anilines is 1. The predicted molar refractivity (Wildman–Crippen MR) is 122 cm³/mol. The molecule has 0 bridgehead atoms. The van der Waals surface area contributed by atoms with Crippen LogP contribution in [0.1, 0.15) is 39.5 Å². The highest BCUT2D eigenvalue weighted by molar-refractivity contribution is 5.77. The maximum Gasteiger partial charge on any atom is 0.311 e. The van der Waals surface area contributed by atoms with Gasteiger partial charge in [-0.05, 0) is 62.8 Å². The van der Waals surface area contributed by atoms with Gasteiger partial charge in [0.05, 0.1) is 18.6 Å². The number of methoxy groups -OCH3 is 1. The van der Waals surface area contributed by atoms with Gasteiger partial charge in [-0.3, -0.25) is 9.69 Å². The summed E-state index contributed by atoms with van der Waals surface area (Å²) in [4.78, 5) is 18.2. The fraction of sp³-hybridized carbons (Fsp3) is 0.731. The van der Waals surface area contributed by atoms with Gasteiger partial charge in [0.1, 0.15) is 17.5 Å². The van der Waals surface area contributed by atoms with Crippen LogP contribution in [0.15, 0.2) is 24.3 Å². The van der Waals surface area contributed by atoms with Crippen LogP contribution in [0.2, 0.25) is 0 Å². The summed E-state index contributed by atoms with van der Waals surface area (Å²) >= 11 is 0. The van der Waals surface area contributed by atoms with E-state index in [1.165, 1.54) is 12.1 Å². The van der Waals surface area contributed by atoms with Gasteiger partial charge in [0.25, 0.3) is 0 Å². The first-order chi connectivity index (χ1) is 15.4. The molecule has 6 rings (SSSR count). The van der Waals surface area contributed by atoms with E-state index in [1.807, 2.05) is 12.1 Å².